The summed E-state index contributed by atoms with van der Waals surface area (Å²) in [6.45, 7) is 0. The van der Waals surface area contributed by atoms with Crippen LogP contribution in [0.3, 0.4) is 0 Å². The molecule has 1 aromatic heterocycles. The fraction of sp³-hybridized carbons (Fsp3) is 0.0370. The van der Waals surface area contributed by atoms with E-state index in [4.69, 9.17) is 0 Å². The average Bonchev–Trinajstić information content (AvgIpc) is 2.82. The van der Waals surface area contributed by atoms with Crippen molar-refractivity contribution in [2.75, 3.05) is 11.9 Å². The molecule has 1 heterocycles. The first-order valence-corrected chi connectivity index (χ1v) is 10.0. The van der Waals surface area contributed by atoms with Gasteiger partial charge in [-0.3, -0.25) is 4.98 Å². The Labute approximate surface area is 180 Å². The summed E-state index contributed by atoms with van der Waals surface area (Å²) >= 11 is 0. The lowest BCUT2D eigenvalue weighted by molar-refractivity contribution is -0.254. The maximum atomic E-state index is 12.2. The highest BCUT2D eigenvalue weighted by Gasteiger charge is 2.20. The van der Waals surface area contributed by atoms with Crippen LogP contribution in [0.4, 0.5) is 11.4 Å². The second kappa shape index (κ2) is 7.58. The number of hydrogen-bond acceptors (Lipinski definition) is 4. The number of carbonyl (C=O) groups is 1. The Morgan fingerprint density at radius 3 is 1.97 bits per heavy atom. The zero-order chi connectivity index (χ0) is 21.4. The Balaban J connectivity index is 1.93. The van der Waals surface area contributed by atoms with E-state index in [0.29, 0.717) is 5.56 Å². The fourth-order valence-corrected chi connectivity index (χ4v) is 4.22. The number of rotatable bonds is 4. The van der Waals surface area contributed by atoms with Gasteiger partial charge in [0.25, 0.3) is 0 Å². The molecular formula is C27H19N2O2-. The van der Waals surface area contributed by atoms with E-state index in [1.54, 1.807) is 18.5 Å². The number of anilines is 2. The molecule has 0 unspecified atom stereocenters. The number of pyridine rings is 1. The summed E-state index contributed by atoms with van der Waals surface area (Å²) in [5, 5.41) is 16.1. The molecule has 150 valence electrons. The molecule has 0 N–H and O–H groups in total. The van der Waals surface area contributed by atoms with E-state index in [9.17, 15) is 9.90 Å². The van der Waals surface area contributed by atoms with Gasteiger partial charge in [0.1, 0.15) is 0 Å². The van der Waals surface area contributed by atoms with Crippen molar-refractivity contribution in [2.24, 2.45) is 0 Å². The number of carboxylic acid groups (broad SMARTS) is 1. The molecule has 0 spiro atoms. The van der Waals surface area contributed by atoms with Crippen LogP contribution >= 0.6 is 0 Å². The molecule has 0 aliphatic carbocycles. The maximum absolute atomic E-state index is 12.2. The summed E-state index contributed by atoms with van der Waals surface area (Å²) in [6.07, 6.45) is 3.49. The van der Waals surface area contributed by atoms with Crippen molar-refractivity contribution < 1.29 is 9.90 Å². The molecule has 0 bridgehead atoms. The van der Waals surface area contributed by atoms with Crippen LogP contribution < -0.4 is 10.0 Å². The van der Waals surface area contributed by atoms with Gasteiger partial charge in [0.2, 0.25) is 0 Å². The van der Waals surface area contributed by atoms with Crippen LogP contribution in [0.2, 0.25) is 0 Å². The van der Waals surface area contributed by atoms with Crippen molar-refractivity contribution in [1.29, 1.82) is 0 Å². The molecule has 31 heavy (non-hydrogen) atoms. The first-order valence-electron chi connectivity index (χ1n) is 10.0. The molecule has 0 aliphatic rings. The first kappa shape index (κ1) is 18.8. The van der Waals surface area contributed by atoms with Crippen LogP contribution in [-0.2, 0) is 0 Å². The fourth-order valence-electron chi connectivity index (χ4n) is 4.22. The number of hydrogen-bond donors (Lipinski definition) is 0. The van der Waals surface area contributed by atoms with Gasteiger partial charge >= 0.3 is 0 Å². The number of benzene rings is 4. The Hall–Kier alpha value is -4.18. The Bertz CT molecular complexity index is 1430. The van der Waals surface area contributed by atoms with E-state index in [1.165, 1.54) is 0 Å². The highest BCUT2D eigenvalue weighted by molar-refractivity contribution is 6.15. The van der Waals surface area contributed by atoms with Gasteiger partial charge in [-0.2, -0.15) is 0 Å². The van der Waals surface area contributed by atoms with Gasteiger partial charge < -0.3 is 14.8 Å². The summed E-state index contributed by atoms with van der Waals surface area (Å²) in [7, 11) is 1.98. The molecule has 0 atom stereocenters. The number of carboxylic acids is 1. The molecule has 0 fully saturated rings. The predicted molar refractivity (Wildman–Crippen MR) is 124 cm³/mol. The van der Waals surface area contributed by atoms with Crippen molar-refractivity contribution in [3.63, 3.8) is 0 Å². The normalized spacial score (nSPS) is 11.0. The highest BCUT2D eigenvalue weighted by atomic mass is 16.4. The molecule has 5 aromatic rings. The standard InChI is InChI=1S/C27H20N2O2/c1-29(20-14-16-28-17-15-20)24-13-11-19-7-3-5-9-22(19)26(24)25-21-8-4-2-6-18(21)10-12-23(25)27(30)31/h2-17H,1H3,(H,30,31)/p-1. The van der Waals surface area contributed by atoms with Gasteiger partial charge in [-0.25, -0.2) is 0 Å². The predicted octanol–water partition coefficient (Wildman–Crippen LogP) is 5.19. The summed E-state index contributed by atoms with van der Waals surface area (Å²) < 4.78 is 0. The lowest BCUT2D eigenvalue weighted by Gasteiger charge is -2.26. The number of carbonyl (C=O) groups excluding carboxylic acids is 1. The quantitative estimate of drug-likeness (QED) is 0.415. The molecule has 0 saturated carbocycles. The van der Waals surface area contributed by atoms with E-state index in [-0.39, 0.29) is 5.56 Å². The smallest absolute Gasteiger partial charge is 0.0721 e. The van der Waals surface area contributed by atoms with Crippen molar-refractivity contribution >= 4 is 38.9 Å². The SMILES string of the molecule is CN(c1ccncc1)c1ccc2ccccc2c1-c1c(C(=O)[O-])ccc2ccccc12. The van der Waals surface area contributed by atoms with Crippen molar-refractivity contribution in [1.82, 2.24) is 4.98 Å². The van der Waals surface area contributed by atoms with Crippen LogP contribution in [0.15, 0.2) is 97.3 Å². The summed E-state index contributed by atoms with van der Waals surface area (Å²) in [5.74, 6) is -1.19. The van der Waals surface area contributed by atoms with E-state index in [0.717, 1.165) is 38.5 Å². The molecule has 4 heteroatoms. The van der Waals surface area contributed by atoms with E-state index >= 15 is 0 Å². The van der Waals surface area contributed by atoms with Crippen molar-refractivity contribution in [2.45, 2.75) is 0 Å². The first-order chi connectivity index (χ1) is 15.1. The molecule has 5 rings (SSSR count). The average molecular weight is 403 g/mol. The van der Waals surface area contributed by atoms with Crippen LogP contribution in [0, 0.1) is 0 Å². The van der Waals surface area contributed by atoms with Crippen LogP contribution in [0.1, 0.15) is 10.4 Å². The number of fused-ring (bicyclic) bond motifs is 2. The molecule has 0 saturated heterocycles. The molecule has 4 aromatic carbocycles. The van der Waals surface area contributed by atoms with Gasteiger partial charge in [0, 0.05) is 47.5 Å². The van der Waals surface area contributed by atoms with Gasteiger partial charge in [0.05, 0.1) is 5.97 Å². The summed E-state index contributed by atoms with van der Waals surface area (Å²) in [4.78, 5) is 18.4. The third kappa shape index (κ3) is 3.19. The largest absolute Gasteiger partial charge is 0.545 e. The zero-order valence-corrected chi connectivity index (χ0v) is 16.9. The third-order valence-corrected chi connectivity index (χ3v) is 5.72. The van der Waals surface area contributed by atoms with Gasteiger partial charge in [-0.05, 0) is 39.7 Å². The summed E-state index contributed by atoms with van der Waals surface area (Å²) in [5.41, 5.74) is 3.59. The lowest BCUT2D eigenvalue weighted by atomic mass is 9.88. The van der Waals surface area contributed by atoms with Gasteiger partial charge in [-0.1, -0.05) is 66.7 Å². The van der Waals surface area contributed by atoms with E-state index in [2.05, 4.69) is 16.0 Å². The Morgan fingerprint density at radius 1 is 0.742 bits per heavy atom. The highest BCUT2D eigenvalue weighted by Crippen LogP contribution is 2.43. The zero-order valence-electron chi connectivity index (χ0n) is 16.9. The molecule has 4 nitrogen and oxygen atoms in total. The number of nitrogens with zero attached hydrogens (tertiary/aromatic N) is 2. The van der Waals surface area contributed by atoms with Gasteiger partial charge in [0.15, 0.2) is 0 Å². The van der Waals surface area contributed by atoms with Crippen molar-refractivity contribution in [3.8, 4) is 11.1 Å². The minimum atomic E-state index is -1.19. The second-order valence-electron chi connectivity index (χ2n) is 7.44. The third-order valence-electron chi connectivity index (χ3n) is 5.72. The number of aromatic carboxylic acids is 1. The van der Waals surface area contributed by atoms with Crippen molar-refractivity contribution in [3.05, 3.63) is 103 Å². The Kier molecular flexibility index (Phi) is 4.60. The Morgan fingerprint density at radius 2 is 1.32 bits per heavy atom. The molecule has 0 amide bonds. The monoisotopic (exact) mass is 403 g/mol. The second-order valence-corrected chi connectivity index (χ2v) is 7.44. The topological polar surface area (TPSA) is 56.3 Å². The van der Waals surface area contributed by atoms with E-state index < -0.39 is 5.97 Å². The lowest BCUT2D eigenvalue weighted by Crippen LogP contribution is -2.23. The minimum absolute atomic E-state index is 0.180. The number of aromatic nitrogens is 1. The van der Waals surface area contributed by atoms with Crippen LogP contribution in [0.5, 0.6) is 0 Å². The van der Waals surface area contributed by atoms with E-state index in [1.807, 2.05) is 79.8 Å². The minimum Gasteiger partial charge on any atom is -0.545 e. The molecule has 0 aliphatic heterocycles. The molecular weight excluding hydrogens is 384 g/mol. The van der Waals surface area contributed by atoms with Crippen LogP contribution in [-0.4, -0.2) is 18.0 Å². The van der Waals surface area contributed by atoms with Crippen LogP contribution in [0.25, 0.3) is 32.7 Å². The maximum Gasteiger partial charge on any atom is 0.0721 e. The summed E-state index contributed by atoms with van der Waals surface area (Å²) in [6, 6.07) is 27.3. The van der Waals surface area contributed by atoms with Gasteiger partial charge in [-0.15, -0.1) is 0 Å². The molecule has 0 radical (unpaired) electrons.